The number of aromatic nitrogens is 2. The van der Waals surface area contributed by atoms with Gasteiger partial charge in [0.25, 0.3) is 11.5 Å². The first-order chi connectivity index (χ1) is 15.1. The first kappa shape index (κ1) is 22.3. The standard InChI is InChI=1S/C23H22Cl2N4O3/c1-23(2)12-28(13-23)19(30)11-29-20-15(4-3-7-26-20)9-16(22(29)32)21(31)27-10-14-5-6-17(24)18(25)8-14/h3-9H,10-13H2,1-2H3,(H,27,31). The molecular weight excluding hydrogens is 451 g/mol. The molecule has 1 fully saturated rings. The Balaban J connectivity index is 1.61. The van der Waals surface area contributed by atoms with Gasteiger partial charge in [-0.1, -0.05) is 43.1 Å². The number of nitrogens with one attached hydrogen (secondary N) is 1. The number of likely N-dealkylation sites (tertiary alicyclic amines) is 1. The first-order valence-electron chi connectivity index (χ1n) is 10.1. The van der Waals surface area contributed by atoms with Gasteiger partial charge >= 0.3 is 0 Å². The van der Waals surface area contributed by atoms with E-state index in [0.29, 0.717) is 34.2 Å². The van der Waals surface area contributed by atoms with Gasteiger partial charge in [0.2, 0.25) is 5.91 Å². The van der Waals surface area contributed by atoms with E-state index in [0.717, 1.165) is 5.56 Å². The number of pyridine rings is 2. The molecule has 1 aliphatic rings. The molecule has 0 atom stereocenters. The fraction of sp³-hybridized carbons (Fsp3) is 0.304. The van der Waals surface area contributed by atoms with Gasteiger partial charge in [-0.25, -0.2) is 4.98 Å². The second-order valence-corrected chi connectivity index (χ2v) is 9.53. The van der Waals surface area contributed by atoms with E-state index in [1.165, 1.54) is 10.6 Å². The molecule has 0 aliphatic carbocycles. The number of hydrogen-bond donors (Lipinski definition) is 1. The molecule has 3 heterocycles. The lowest BCUT2D eigenvalue weighted by atomic mass is 9.84. The smallest absolute Gasteiger partial charge is 0.265 e. The van der Waals surface area contributed by atoms with Gasteiger partial charge < -0.3 is 10.2 Å². The van der Waals surface area contributed by atoms with Gasteiger partial charge in [0.1, 0.15) is 17.8 Å². The maximum absolute atomic E-state index is 13.2. The fourth-order valence-electron chi connectivity index (χ4n) is 3.84. The molecule has 32 heavy (non-hydrogen) atoms. The van der Waals surface area contributed by atoms with E-state index in [1.807, 2.05) is 0 Å². The fourth-order valence-corrected chi connectivity index (χ4v) is 4.16. The highest BCUT2D eigenvalue weighted by atomic mass is 35.5. The summed E-state index contributed by atoms with van der Waals surface area (Å²) in [7, 11) is 0. The molecule has 0 radical (unpaired) electrons. The molecule has 1 N–H and O–H groups in total. The molecule has 0 bridgehead atoms. The first-order valence-corrected chi connectivity index (χ1v) is 10.9. The van der Waals surface area contributed by atoms with Crippen molar-refractivity contribution in [3.8, 4) is 0 Å². The molecule has 3 aromatic rings. The van der Waals surface area contributed by atoms with Crippen LogP contribution in [0.15, 0.2) is 47.4 Å². The molecular formula is C23H22Cl2N4O3. The normalized spacial score (nSPS) is 14.8. The Kier molecular flexibility index (Phi) is 5.97. The monoisotopic (exact) mass is 472 g/mol. The van der Waals surface area contributed by atoms with E-state index in [9.17, 15) is 14.4 Å². The Morgan fingerprint density at radius 2 is 1.88 bits per heavy atom. The van der Waals surface area contributed by atoms with Crippen LogP contribution < -0.4 is 10.9 Å². The number of benzene rings is 1. The lowest BCUT2D eigenvalue weighted by Crippen LogP contribution is -2.56. The van der Waals surface area contributed by atoms with Crippen molar-refractivity contribution in [2.75, 3.05) is 13.1 Å². The minimum absolute atomic E-state index is 0.0534. The van der Waals surface area contributed by atoms with E-state index in [4.69, 9.17) is 23.2 Å². The van der Waals surface area contributed by atoms with Crippen LogP contribution in [0.1, 0.15) is 29.8 Å². The van der Waals surface area contributed by atoms with Crippen molar-refractivity contribution < 1.29 is 9.59 Å². The number of halogens is 2. The number of hydrogen-bond acceptors (Lipinski definition) is 4. The van der Waals surface area contributed by atoms with Gasteiger partial charge in [-0.05, 0) is 41.3 Å². The van der Waals surface area contributed by atoms with Gasteiger partial charge in [0.05, 0.1) is 10.0 Å². The summed E-state index contributed by atoms with van der Waals surface area (Å²) in [6.45, 7) is 5.43. The SMILES string of the molecule is CC1(C)CN(C(=O)Cn2c(=O)c(C(=O)NCc3ccc(Cl)c(Cl)c3)cc3cccnc32)C1. The Bertz CT molecular complexity index is 1280. The summed E-state index contributed by atoms with van der Waals surface area (Å²) < 4.78 is 1.27. The van der Waals surface area contributed by atoms with Crippen molar-refractivity contribution in [3.63, 3.8) is 0 Å². The molecule has 166 valence electrons. The molecule has 1 saturated heterocycles. The second kappa shape index (κ2) is 8.56. The van der Waals surface area contributed by atoms with E-state index in [-0.39, 0.29) is 30.0 Å². The van der Waals surface area contributed by atoms with Crippen molar-refractivity contribution in [3.05, 3.63) is 74.1 Å². The van der Waals surface area contributed by atoms with Crippen molar-refractivity contribution >= 4 is 46.0 Å². The average Bonchev–Trinajstić information content (AvgIpc) is 2.74. The molecule has 2 amide bonds. The van der Waals surface area contributed by atoms with E-state index < -0.39 is 11.5 Å². The molecule has 1 aromatic carbocycles. The number of rotatable bonds is 5. The van der Waals surface area contributed by atoms with Crippen LogP contribution in [0, 0.1) is 5.41 Å². The van der Waals surface area contributed by atoms with E-state index >= 15 is 0 Å². The van der Waals surface area contributed by atoms with Crippen molar-refractivity contribution in [2.45, 2.75) is 26.9 Å². The lowest BCUT2D eigenvalue weighted by molar-refractivity contribution is -0.142. The summed E-state index contributed by atoms with van der Waals surface area (Å²) >= 11 is 12.0. The molecule has 7 nitrogen and oxygen atoms in total. The summed E-state index contributed by atoms with van der Waals surface area (Å²) in [5, 5.41) is 4.13. The lowest BCUT2D eigenvalue weighted by Gasteiger charge is -2.45. The second-order valence-electron chi connectivity index (χ2n) is 8.71. The Hall–Kier alpha value is -2.90. The van der Waals surface area contributed by atoms with Gasteiger partial charge in [0.15, 0.2) is 0 Å². The number of carbonyl (C=O) groups excluding carboxylic acids is 2. The molecule has 0 unspecified atom stereocenters. The number of fused-ring (bicyclic) bond motifs is 1. The van der Waals surface area contributed by atoms with Gasteiger partial charge in [0, 0.05) is 31.2 Å². The third kappa shape index (κ3) is 4.49. The molecule has 9 heteroatoms. The third-order valence-corrected chi connectivity index (χ3v) is 6.15. The Labute approximate surface area is 194 Å². The number of carbonyl (C=O) groups is 2. The summed E-state index contributed by atoms with van der Waals surface area (Å²) in [5.74, 6) is -0.718. The Morgan fingerprint density at radius 1 is 1.12 bits per heavy atom. The molecule has 2 aromatic heterocycles. The minimum Gasteiger partial charge on any atom is -0.348 e. The highest BCUT2D eigenvalue weighted by Gasteiger charge is 2.37. The van der Waals surface area contributed by atoms with Gasteiger partial charge in [-0.3, -0.25) is 19.0 Å². The maximum atomic E-state index is 13.2. The van der Waals surface area contributed by atoms with Crippen LogP contribution in [0.3, 0.4) is 0 Å². The highest BCUT2D eigenvalue weighted by Crippen LogP contribution is 2.28. The zero-order valence-corrected chi connectivity index (χ0v) is 19.2. The van der Waals surface area contributed by atoms with Crippen LogP contribution in [0.4, 0.5) is 0 Å². The van der Waals surface area contributed by atoms with Crippen molar-refractivity contribution in [1.29, 1.82) is 0 Å². The topological polar surface area (TPSA) is 84.3 Å². The molecule has 0 spiro atoms. The van der Waals surface area contributed by atoms with Crippen molar-refractivity contribution in [1.82, 2.24) is 19.8 Å². The minimum atomic E-state index is -0.559. The van der Waals surface area contributed by atoms with Gasteiger partial charge in [-0.2, -0.15) is 0 Å². The molecule has 0 saturated carbocycles. The zero-order valence-electron chi connectivity index (χ0n) is 17.7. The van der Waals surface area contributed by atoms with E-state index in [2.05, 4.69) is 24.1 Å². The van der Waals surface area contributed by atoms with Crippen LogP contribution in [0.5, 0.6) is 0 Å². The quantitative estimate of drug-likeness (QED) is 0.615. The summed E-state index contributed by atoms with van der Waals surface area (Å²) in [6.07, 6.45) is 1.56. The predicted octanol–water partition coefficient (Wildman–Crippen LogP) is 3.50. The maximum Gasteiger partial charge on any atom is 0.265 e. The summed E-state index contributed by atoms with van der Waals surface area (Å²) in [6, 6.07) is 10.0. The van der Waals surface area contributed by atoms with Crippen LogP contribution in [-0.4, -0.2) is 39.4 Å². The van der Waals surface area contributed by atoms with Crippen LogP contribution in [-0.2, 0) is 17.9 Å². The highest BCUT2D eigenvalue weighted by molar-refractivity contribution is 6.42. The largest absolute Gasteiger partial charge is 0.348 e. The van der Waals surface area contributed by atoms with Crippen LogP contribution in [0.2, 0.25) is 10.0 Å². The molecule has 4 rings (SSSR count). The Morgan fingerprint density at radius 3 is 2.56 bits per heavy atom. The van der Waals surface area contributed by atoms with Crippen LogP contribution >= 0.6 is 23.2 Å². The number of amides is 2. The number of nitrogens with zero attached hydrogens (tertiary/aromatic N) is 3. The third-order valence-electron chi connectivity index (χ3n) is 5.41. The summed E-state index contributed by atoms with van der Waals surface area (Å²) in [5.41, 5.74) is 0.573. The van der Waals surface area contributed by atoms with E-state index in [1.54, 1.807) is 41.4 Å². The zero-order chi connectivity index (χ0) is 23.0. The van der Waals surface area contributed by atoms with Crippen molar-refractivity contribution in [2.24, 2.45) is 5.41 Å². The van der Waals surface area contributed by atoms with Crippen LogP contribution in [0.25, 0.3) is 11.0 Å². The predicted molar refractivity (Wildman–Crippen MR) is 124 cm³/mol. The molecule has 1 aliphatic heterocycles. The average molecular weight is 473 g/mol. The summed E-state index contributed by atoms with van der Waals surface area (Å²) in [4.78, 5) is 44.8. The van der Waals surface area contributed by atoms with Gasteiger partial charge in [-0.15, -0.1) is 0 Å².